The van der Waals surface area contributed by atoms with E-state index >= 15 is 0 Å². The van der Waals surface area contributed by atoms with Crippen molar-refractivity contribution in [2.45, 2.75) is 0 Å². The normalized spacial score (nSPS) is 9.31. The molecule has 1 rings (SSSR count). The van der Waals surface area contributed by atoms with Crippen molar-refractivity contribution in [1.29, 1.82) is 0 Å². The molecule has 0 aliphatic carbocycles. The van der Waals surface area contributed by atoms with Crippen LogP contribution in [0, 0.1) is 0 Å². The molecule has 70 valence electrons. The van der Waals surface area contributed by atoms with Gasteiger partial charge in [-0.2, -0.15) is 4.89 Å². The number of hydrogen-bond acceptors (Lipinski definition) is 4. The second kappa shape index (κ2) is 5.16. The fourth-order valence-corrected chi connectivity index (χ4v) is 0.776. The van der Waals surface area contributed by atoms with E-state index in [0.717, 1.165) is 0 Å². The Morgan fingerprint density at radius 3 is 2.62 bits per heavy atom. The Labute approximate surface area is 76.0 Å². The minimum absolute atomic E-state index is 0.155. The quantitative estimate of drug-likeness (QED) is 0.518. The first-order valence-corrected chi connectivity index (χ1v) is 3.74. The van der Waals surface area contributed by atoms with Crippen molar-refractivity contribution < 1.29 is 19.3 Å². The second-order valence-electron chi connectivity index (χ2n) is 2.22. The highest BCUT2D eigenvalue weighted by atomic mass is 17.2. The van der Waals surface area contributed by atoms with E-state index in [1.165, 1.54) is 7.11 Å². The van der Waals surface area contributed by atoms with E-state index < -0.39 is 5.97 Å². The van der Waals surface area contributed by atoms with Gasteiger partial charge in [-0.25, -0.2) is 4.79 Å². The van der Waals surface area contributed by atoms with Crippen molar-refractivity contribution in [2.24, 2.45) is 0 Å². The van der Waals surface area contributed by atoms with Gasteiger partial charge < -0.3 is 4.74 Å². The third-order valence-electron chi connectivity index (χ3n) is 1.28. The number of carbonyl (C=O) groups excluding carboxylic acids is 1. The van der Waals surface area contributed by atoms with Crippen molar-refractivity contribution in [3.63, 3.8) is 0 Å². The van der Waals surface area contributed by atoms with Crippen molar-refractivity contribution in [1.82, 2.24) is 0 Å². The molecule has 0 saturated carbocycles. The van der Waals surface area contributed by atoms with Gasteiger partial charge in [0.25, 0.3) is 0 Å². The maximum absolute atomic E-state index is 10.7. The van der Waals surface area contributed by atoms with Gasteiger partial charge in [-0.3, -0.25) is 4.89 Å². The van der Waals surface area contributed by atoms with Crippen LogP contribution in [0.25, 0.3) is 0 Å². The van der Waals surface area contributed by atoms with E-state index in [-0.39, 0.29) is 6.61 Å². The van der Waals surface area contributed by atoms with E-state index in [1.54, 1.807) is 12.1 Å². The lowest BCUT2D eigenvalue weighted by Crippen LogP contribution is -2.14. The third-order valence-corrected chi connectivity index (χ3v) is 1.28. The van der Waals surface area contributed by atoms with E-state index in [9.17, 15) is 4.79 Å². The standard InChI is InChI=1S/C9H10O4/c1-11-13-9(10)7-12-8-5-3-2-4-6-8/h2-6H,7H2,1H3. The molecule has 0 bridgehead atoms. The summed E-state index contributed by atoms with van der Waals surface area (Å²) in [6, 6.07) is 8.99. The summed E-state index contributed by atoms with van der Waals surface area (Å²) in [6.45, 7) is -0.155. The number of benzene rings is 1. The maximum Gasteiger partial charge on any atom is 0.379 e. The van der Waals surface area contributed by atoms with Gasteiger partial charge in [0.15, 0.2) is 6.61 Å². The van der Waals surface area contributed by atoms with Crippen LogP contribution in [-0.2, 0) is 14.6 Å². The van der Waals surface area contributed by atoms with Crippen LogP contribution in [0.3, 0.4) is 0 Å². The molecule has 13 heavy (non-hydrogen) atoms. The highest BCUT2D eigenvalue weighted by Crippen LogP contribution is 2.07. The predicted octanol–water partition coefficient (Wildman–Crippen LogP) is 1.17. The number of para-hydroxylation sites is 1. The van der Waals surface area contributed by atoms with Gasteiger partial charge in [0, 0.05) is 0 Å². The molecule has 0 spiro atoms. The second-order valence-corrected chi connectivity index (χ2v) is 2.22. The maximum atomic E-state index is 10.7. The van der Waals surface area contributed by atoms with Crippen LogP contribution in [0.4, 0.5) is 0 Å². The summed E-state index contributed by atoms with van der Waals surface area (Å²) in [5, 5.41) is 0. The first-order chi connectivity index (χ1) is 6.33. The van der Waals surface area contributed by atoms with Gasteiger partial charge in [0.05, 0.1) is 7.11 Å². The van der Waals surface area contributed by atoms with Gasteiger partial charge in [-0.1, -0.05) is 18.2 Å². The minimum Gasteiger partial charge on any atom is -0.482 e. The first kappa shape index (κ1) is 9.54. The topological polar surface area (TPSA) is 44.8 Å². The summed E-state index contributed by atoms with van der Waals surface area (Å²) in [5.74, 6) is 0.0573. The van der Waals surface area contributed by atoms with Crippen molar-refractivity contribution in [2.75, 3.05) is 13.7 Å². The van der Waals surface area contributed by atoms with Crippen LogP contribution in [0.1, 0.15) is 0 Å². The number of ether oxygens (including phenoxy) is 1. The molecular weight excluding hydrogens is 172 g/mol. The molecule has 1 aromatic carbocycles. The largest absolute Gasteiger partial charge is 0.482 e. The van der Waals surface area contributed by atoms with Gasteiger partial charge in [-0.05, 0) is 12.1 Å². The van der Waals surface area contributed by atoms with Gasteiger partial charge in [0.2, 0.25) is 0 Å². The monoisotopic (exact) mass is 182 g/mol. The lowest BCUT2D eigenvalue weighted by Gasteiger charge is -2.03. The summed E-state index contributed by atoms with van der Waals surface area (Å²) in [6.07, 6.45) is 0. The summed E-state index contributed by atoms with van der Waals surface area (Å²) >= 11 is 0. The summed E-state index contributed by atoms with van der Waals surface area (Å²) in [7, 11) is 1.26. The minimum atomic E-state index is -0.564. The third kappa shape index (κ3) is 3.57. The zero-order chi connectivity index (χ0) is 9.52. The molecule has 1 aromatic rings. The molecule has 0 N–H and O–H groups in total. The average Bonchev–Trinajstić information content (AvgIpc) is 2.17. The van der Waals surface area contributed by atoms with E-state index in [4.69, 9.17) is 4.74 Å². The molecule has 4 heteroatoms. The molecule has 0 heterocycles. The number of rotatable bonds is 4. The Hall–Kier alpha value is -1.55. The van der Waals surface area contributed by atoms with Crippen LogP contribution in [0.5, 0.6) is 5.75 Å². The molecule has 0 atom stereocenters. The van der Waals surface area contributed by atoms with Crippen molar-refractivity contribution >= 4 is 5.97 Å². The molecule has 0 unspecified atom stereocenters. The molecule has 0 radical (unpaired) electrons. The Morgan fingerprint density at radius 2 is 2.00 bits per heavy atom. The Bertz CT molecular complexity index is 258. The smallest absolute Gasteiger partial charge is 0.379 e. The highest BCUT2D eigenvalue weighted by molar-refractivity contribution is 5.70. The van der Waals surface area contributed by atoms with Crippen LogP contribution < -0.4 is 4.74 Å². The van der Waals surface area contributed by atoms with Gasteiger partial charge in [0.1, 0.15) is 5.75 Å². The van der Waals surface area contributed by atoms with Gasteiger partial charge >= 0.3 is 5.97 Å². The number of carbonyl (C=O) groups is 1. The zero-order valence-corrected chi connectivity index (χ0v) is 7.23. The lowest BCUT2D eigenvalue weighted by atomic mass is 10.3. The molecule has 0 amide bonds. The van der Waals surface area contributed by atoms with E-state index in [1.807, 2.05) is 18.2 Å². The fraction of sp³-hybridized carbons (Fsp3) is 0.222. The first-order valence-electron chi connectivity index (χ1n) is 3.74. The van der Waals surface area contributed by atoms with Crippen LogP contribution in [0.2, 0.25) is 0 Å². The molecule has 0 aromatic heterocycles. The van der Waals surface area contributed by atoms with E-state index in [0.29, 0.717) is 5.75 Å². The summed E-state index contributed by atoms with van der Waals surface area (Å²) in [5.41, 5.74) is 0. The molecule has 4 nitrogen and oxygen atoms in total. The Balaban J connectivity index is 2.31. The zero-order valence-electron chi connectivity index (χ0n) is 7.23. The Morgan fingerprint density at radius 1 is 1.31 bits per heavy atom. The van der Waals surface area contributed by atoms with E-state index in [2.05, 4.69) is 9.78 Å². The van der Waals surface area contributed by atoms with Crippen LogP contribution >= 0.6 is 0 Å². The molecule has 0 saturated heterocycles. The Kier molecular flexibility index (Phi) is 3.78. The number of hydrogen-bond donors (Lipinski definition) is 0. The molecular formula is C9H10O4. The fourth-order valence-electron chi connectivity index (χ4n) is 0.776. The molecule has 0 aliphatic rings. The summed E-state index contributed by atoms with van der Waals surface area (Å²) in [4.78, 5) is 19.1. The SMILES string of the molecule is COOC(=O)COc1ccccc1. The predicted molar refractivity (Wildman–Crippen MR) is 45.0 cm³/mol. The van der Waals surface area contributed by atoms with Gasteiger partial charge in [-0.15, -0.1) is 0 Å². The molecule has 0 aliphatic heterocycles. The van der Waals surface area contributed by atoms with Crippen molar-refractivity contribution in [3.05, 3.63) is 30.3 Å². The van der Waals surface area contributed by atoms with Crippen molar-refractivity contribution in [3.8, 4) is 5.75 Å². The average molecular weight is 182 g/mol. The molecule has 0 fully saturated rings. The van der Waals surface area contributed by atoms with Crippen LogP contribution in [0.15, 0.2) is 30.3 Å². The lowest BCUT2D eigenvalue weighted by molar-refractivity contribution is -0.256. The highest BCUT2D eigenvalue weighted by Gasteiger charge is 2.03. The summed E-state index contributed by atoms with van der Waals surface area (Å²) < 4.78 is 5.07. The van der Waals surface area contributed by atoms with Crippen LogP contribution in [-0.4, -0.2) is 19.7 Å².